The number of nitrogens with zero attached hydrogens (tertiary/aromatic N) is 3. The van der Waals surface area contributed by atoms with Crippen molar-refractivity contribution in [2.75, 3.05) is 13.7 Å². The summed E-state index contributed by atoms with van der Waals surface area (Å²) in [7, 11) is 1.21. The SMILES string of the molecule is COC(=O)COC(=O)c1nccnc1-c1nc2ccccc2s1. The maximum Gasteiger partial charge on any atom is 0.359 e. The van der Waals surface area contributed by atoms with Gasteiger partial charge in [0.15, 0.2) is 12.3 Å². The van der Waals surface area contributed by atoms with Crippen LogP contribution in [0.2, 0.25) is 0 Å². The zero-order valence-electron chi connectivity index (χ0n) is 12.1. The Morgan fingerprint density at radius 3 is 2.74 bits per heavy atom. The van der Waals surface area contributed by atoms with Crippen molar-refractivity contribution in [1.29, 1.82) is 0 Å². The van der Waals surface area contributed by atoms with Gasteiger partial charge in [-0.3, -0.25) is 0 Å². The van der Waals surface area contributed by atoms with Crippen LogP contribution in [-0.4, -0.2) is 40.6 Å². The van der Waals surface area contributed by atoms with Gasteiger partial charge < -0.3 is 9.47 Å². The zero-order chi connectivity index (χ0) is 16.2. The number of ether oxygens (including phenoxy) is 2. The third kappa shape index (κ3) is 3.16. The number of para-hydroxylation sites is 1. The van der Waals surface area contributed by atoms with E-state index in [0.29, 0.717) is 10.7 Å². The smallest absolute Gasteiger partial charge is 0.359 e. The molecule has 0 bridgehead atoms. The molecule has 2 heterocycles. The predicted octanol–water partition coefficient (Wildman–Crippen LogP) is 2.08. The quantitative estimate of drug-likeness (QED) is 0.677. The Hall–Kier alpha value is -2.87. The minimum atomic E-state index is -0.752. The highest BCUT2D eigenvalue weighted by atomic mass is 32.1. The molecule has 0 aliphatic rings. The summed E-state index contributed by atoms with van der Waals surface area (Å²) in [5.41, 5.74) is 1.14. The van der Waals surface area contributed by atoms with E-state index in [9.17, 15) is 9.59 Å². The lowest BCUT2D eigenvalue weighted by Gasteiger charge is -2.05. The van der Waals surface area contributed by atoms with E-state index in [-0.39, 0.29) is 5.69 Å². The van der Waals surface area contributed by atoms with E-state index < -0.39 is 18.5 Å². The van der Waals surface area contributed by atoms with E-state index in [1.807, 2.05) is 24.3 Å². The van der Waals surface area contributed by atoms with Crippen molar-refractivity contribution in [1.82, 2.24) is 15.0 Å². The van der Waals surface area contributed by atoms with Crippen molar-refractivity contribution in [2.24, 2.45) is 0 Å². The average Bonchev–Trinajstić information content (AvgIpc) is 3.03. The normalized spacial score (nSPS) is 10.5. The Bertz CT molecular complexity index is 845. The van der Waals surface area contributed by atoms with Crippen molar-refractivity contribution in [3.8, 4) is 10.7 Å². The Balaban J connectivity index is 1.94. The van der Waals surface area contributed by atoms with E-state index in [1.165, 1.54) is 30.8 Å². The van der Waals surface area contributed by atoms with E-state index in [2.05, 4.69) is 19.7 Å². The highest BCUT2D eigenvalue weighted by Gasteiger charge is 2.20. The van der Waals surface area contributed by atoms with Gasteiger partial charge in [0.25, 0.3) is 0 Å². The molecular formula is C15H11N3O4S. The van der Waals surface area contributed by atoms with Gasteiger partial charge in [-0.25, -0.2) is 24.5 Å². The van der Waals surface area contributed by atoms with Crippen molar-refractivity contribution < 1.29 is 19.1 Å². The first-order chi connectivity index (χ1) is 11.2. The summed E-state index contributed by atoms with van der Waals surface area (Å²) in [6.45, 7) is -0.481. The lowest BCUT2D eigenvalue weighted by atomic mass is 10.3. The standard InChI is InChI=1S/C15H11N3O4S/c1-21-11(19)8-22-15(20)13-12(16-6-7-17-13)14-18-9-4-2-3-5-10(9)23-14/h2-7H,8H2,1H3. The van der Waals surface area contributed by atoms with E-state index in [1.54, 1.807) is 0 Å². The molecule has 0 spiro atoms. The lowest BCUT2D eigenvalue weighted by molar-refractivity contribution is -0.144. The number of thiazole rings is 1. The molecule has 0 N–H and O–H groups in total. The van der Waals surface area contributed by atoms with Gasteiger partial charge in [0.05, 0.1) is 17.3 Å². The largest absolute Gasteiger partial charge is 0.466 e. The van der Waals surface area contributed by atoms with Crippen LogP contribution in [0.3, 0.4) is 0 Å². The molecule has 0 unspecified atom stereocenters. The second kappa shape index (κ2) is 6.49. The molecule has 3 aromatic rings. The number of esters is 2. The van der Waals surface area contributed by atoms with Gasteiger partial charge in [-0.15, -0.1) is 11.3 Å². The van der Waals surface area contributed by atoms with Crippen LogP contribution in [-0.2, 0) is 14.3 Å². The molecule has 3 rings (SSSR count). The highest BCUT2D eigenvalue weighted by molar-refractivity contribution is 7.21. The third-order valence-corrected chi connectivity index (χ3v) is 3.98. The maximum atomic E-state index is 12.1. The second-order valence-corrected chi connectivity index (χ2v) is 5.42. The fourth-order valence-corrected chi connectivity index (χ4v) is 2.83. The number of methoxy groups -OCH3 is 1. The van der Waals surface area contributed by atoms with Gasteiger partial charge in [0.2, 0.25) is 0 Å². The fraction of sp³-hybridized carbons (Fsp3) is 0.133. The molecule has 0 radical (unpaired) electrons. The maximum absolute atomic E-state index is 12.1. The molecule has 0 aliphatic carbocycles. The second-order valence-electron chi connectivity index (χ2n) is 4.39. The molecule has 0 aliphatic heterocycles. The molecule has 0 fully saturated rings. The summed E-state index contributed by atoms with van der Waals surface area (Å²) < 4.78 is 10.3. The monoisotopic (exact) mass is 329 g/mol. The van der Waals surface area contributed by atoms with Gasteiger partial charge in [-0.2, -0.15) is 0 Å². The van der Waals surface area contributed by atoms with Crippen LogP contribution >= 0.6 is 11.3 Å². The van der Waals surface area contributed by atoms with Crippen molar-refractivity contribution in [3.63, 3.8) is 0 Å². The van der Waals surface area contributed by atoms with E-state index >= 15 is 0 Å². The molecule has 0 atom stereocenters. The first-order valence-corrected chi connectivity index (χ1v) is 7.41. The molecule has 1 aromatic carbocycles. The van der Waals surface area contributed by atoms with Crippen LogP contribution in [0.1, 0.15) is 10.5 Å². The molecule has 116 valence electrons. The van der Waals surface area contributed by atoms with Crippen molar-refractivity contribution in [3.05, 3.63) is 42.4 Å². The molecule has 8 heteroatoms. The number of carbonyl (C=O) groups excluding carboxylic acids is 2. The zero-order valence-corrected chi connectivity index (χ0v) is 12.9. The number of aromatic nitrogens is 3. The summed E-state index contributed by atoms with van der Waals surface area (Å²) in [6.07, 6.45) is 2.85. The van der Waals surface area contributed by atoms with Gasteiger partial charge >= 0.3 is 11.9 Å². The third-order valence-electron chi connectivity index (χ3n) is 2.94. The highest BCUT2D eigenvalue weighted by Crippen LogP contribution is 2.30. The summed E-state index contributed by atoms with van der Waals surface area (Å²) in [4.78, 5) is 35.8. The molecular weight excluding hydrogens is 318 g/mol. The summed E-state index contributed by atoms with van der Waals surface area (Å²) in [5.74, 6) is -1.40. The van der Waals surface area contributed by atoms with Crippen LogP contribution in [0.25, 0.3) is 20.9 Å². The molecule has 0 saturated heterocycles. The molecule has 0 saturated carbocycles. The topological polar surface area (TPSA) is 91.3 Å². The predicted molar refractivity (Wildman–Crippen MR) is 82.9 cm³/mol. The van der Waals surface area contributed by atoms with Crippen LogP contribution in [0.4, 0.5) is 0 Å². The van der Waals surface area contributed by atoms with Gasteiger partial charge in [0.1, 0.15) is 10.7 Å². The van der Waals surface area contributed by atoms with Crippen molar-refractivity contribution in [2.45, 2.75) is 0 Å². The average molecular weight is 329 g/mol. The van der Waals surface area contributed by atoms with E-state index in [0.717, 1.165) is 10.2 Å². The summed E-state index contributed by atoms with van der Waals surface area (Å²) in [6, 6.07) is 7.60. The van der Waals surface area contributed by atoms with Crippen LogP contribution in [0, 0.1) is 0 Å². The number of hydrogen-bond donors (Lipinski definition) is 0. The fourth-order valence-electron chi connectivity index (χ4n) is 1.87. The van der Waals surface area contributed by atoms with Gasteiger partial charge in [-0.05, 0) is 12.1 Å². The van der Waals surface area contributed by atoms with Gasteiger partial charge in [0, 0.05) is 12.4 Å². The van der Waals surface area contributed by atoms with Crippen LogP contribution in [0.15, 0.2) is 36.7 Å². The molecule has 0 amide bonds. The number of rotatable bonds is 4. The first-order valence-electron chi connectivity index (χ1n) is 6.60. The number of hydrogen-bond acceptors (Lipinski definition) is 8. The Morgan fingerprint density at radius 2 is 1.96 bits per heavy atom. The van der Waals surface area contributed by atoms with Crippen LogP contribution in [0.5, 0.6) is 0 Å². The number of carbonyl (C=O) groups is 2. The Labute approximate surface area is 134 Å². The molecule has 7 nitrogen and oxygen atoms in total. The molecule has 2 aromatic heterocycles. The van der Waals surface area contributed by atoms with E-state index in [4.69, 9.17) is 4.74 Å². The number of benzene rings is 1. The number of fused-ring (bicyclic) bond motifs is 1. The lowest BCUT2D eigenvalue weighted by Crippen LogP contribution is -2.17. The summed E-state index contributed by atoms with van der Waals surface area (Å²) >= 11 is 1.40. The minimum absolute atomic E-state index is 0.00968. The first kappa shape index (κ1) is 15.0. The van der Waals surface area contributed by atoms with Gasteiger partial charge in [-0.1, -0.05) is 12.1 Å². The Morgan fingerprint density at radius 1 is 1.17 bits per heavy atom. The minimum Gasteiger partial charge on any atom is -0.466 e. The van der Waals surface area contributed by atoms with Crippen molar-refractivity contribution >= 4 is 33.5 Å². The molecule has 23 heavy (non-hydrogen) atoms. The Kier molecular flexibility index (Phi) is 4.24. The van der Waals surface area contributed by atoms with Crippen LogP contribution < -0.4 is 0 Å². The summed E-state index contributed by atoms with van der Waals surface area (Å²) in [5, 5.41) is 0.560.